The first-order chi connectivity index (χ1) is 19.7. The van der Waals surface area contributed by atoms with Gasteiger partial charge in [0.1, 0.15) is 23.5 Å². The molecule has 0 unspecified atom stereocenters. The molecule has 5 rings (SSSR count). The predicted octanol–water partition coefficient (Wildman–Crippen LogP) is 2.50. The third-order valence-corrected chi connectivity index (χ3v) is 8.67. The first-order valence-corrected chi connectivity index (χ1v) is 14.8. The van der Waals surface area contributed by atoms with E-state index < -0.39 is 35.7 Å². The molecule has 10 nitrogen and oxygen atoms in total. The smallest absolute Gasteiger partial charge is 0.410 e. The molecule has 41 heavy (non-hydrogen) atoms. The van der Waals surface area contributed by atoms with Gasteiger partial charge in [0, 0.05) is 31.0 Å². The molecule has 2 fully saturated rings. The first kappa shape index (κ1) is 29.0. The maximum Gasteiger partial charge on any atom is 0.410 e. The highest BCUT2D eigenvalue weighted by atomic mass is 19.1. The molecule has 11 heteroatoms. The lowest BCUT2D eigenvalue weighted by molar-refractivity contribution is -0.140. The average molecular weight is 570 g/mol. The van der Waals surface area contributed by atoms with Crippen LogP contribution in [0.3, 0.4) is 0 Å². The quantitative estimate of drug-likeness (QED) is 0.477. The van der Waals surface area contributed by atoms with Crippen LogP contribution >= 0.6 is 0 Å². The summed E-state index contributed by atoms with van der Waals surface area (Å²) in [7, 11) is 0. The van der Waals surface area contributed by atoms with E-state index in [2.05, 4.69) is 16.7 Å². The maximum absolute atomic E-state index is 14.2. The second-order valence-electron chi connectivity index (χ2n) is 11.7. The molecular formula is C30H40FN5O5. The van der Waals surface area contributed by atoms with Crippen molar-refractivity contribution in [2.24, 2.45) is 11.7 Å². The number of ether oxygens (including phenoxy) is 1. The van der Waals surface area contributed by atoms with Crippen LogP contribution in [-0.2, 0) is 32.2 Å². The van der Waals surface area contributed by atoms with E-state index in [9.17, 15) is 23.6 Å². The summed E-state index contributed by atoms with van der Waals surface area (Å²) >= 11 is 0. The van der Waals surface area contributed by atoms with Crippen molar-refractivity contribution in [1.82, 2.24) is 20.4 Å². The zero-order valence-electron chi connectivity index (χ0n) is 23.6. The lowest BCUT2D eigenvalue weighted by Gasteiger charge is -2.28. The van der Waals surface area contributed by atoms with Crippen molar-refractivity contribution in [2.75, 3.05) is 13.1 Å². The minimum atomic E-state index is -1.07. The Morgan fingerprint density at radius 3 is 2.83 bits per heavy atom. The van der Waals surface area contributed by atoms with Crippen molar-refractivity contribution in [2.45, 2.75) is 95.1 Å². The van der Waals surface area contributed by atoms with Crippen LogP contribution in [0.4, 0.5) is 9.18 Å². The van der Waals surface area contributed by atoms with E-state index >= 15 is 0 Å². The van der Waals surface area contributed by atoms with Crippen molar-refractivity contribution in [1.29, 1.82) is 0 Å². The fourth-order valence-corrected chi connectivity index (χ4v) is 6.18. The summed E-state index contributed by atoms with van der Waals surface area (Å²) in [5, 5.41) is 5.88. The zero-order chi connectivity index (χ0) is 29.1. The van der Waals surface area contributed by atoms with Gasteiger partial charge in [-0.3, -0.25) is 19.3 Å². The van der Waals surface area contributed by atoms with E-state index in [1.54, 1.807) is 12.1 Å². The number of carbonyl (C=O) groups excluding carboxylic acids is 4. The van der Waals surface area contributed by atoms with Crippen LogP contribution in [-0.4, -0.2) is 70.4 Å². The molecule has 1 aromatic carbocycles. The van der Waals surface area contributed by atoms with Crippen LogP contribution in [0.25, 0.3) is 0 Å². The molecule has 1 saturated heterocycles. The Hall–Kier alpha value is -3.47. The SMILES string of the molecule is CCCNC(=O)[C@@]12C[C@@H]1/C=C\CCCCC[C@H](N)C(=O)N1C[C@H](OC(=O)N3Cc4cccc(F)c4C3)C[C@H]1C(=O)N2. The van der Waals surface area contributed by atoms with E-state index in [0.717, 1.165) is 37.7 Å². The van der Waals surface area contributed by atoms with Crippen LogP contribution < -0.4 is 16.4 Å². The number of nitrogens with one attached hydrogen (secondary N) is 2. The summed E-state index contributed by atoms with van der Waals surface area (Å²) in [6, 6.07) is 3.01. The third kappa shape index (κ3) is 6.10. The largest absolute Gasteiger partial charge is 0.444 e. The van der Waals surface area contributed by atoms with Gasteiger partial charge in [-0.25, -0.2) is 9.18 Å². The predicted molar refractivity (Wildman–Crippen MR) is 149 cm³/mol. The molecule has 4 N–H and O–H groups in total. The number of allylic oxidation sites excluding steroid dienone is 1. The minimum Gasteiger partial charge on any atom is -0.444 e. The van der Waals surface area contributed by atoms with Gasteiger partial charge in [-0.15, -0.1) is 0 Å². The highest BCUT2D eigenvalue weighted by molar-refractivity contribution is 5.98. The monoisotopic (exact) mass is 569 g/mol. The van der Waals surface area contributed by atoms with Gasteiger partial charge in [0.2, 0.25) is 17.7 Å². The minimum absolute atomic E-state index is 0.0177. The molecule has 222 valence electrons. The Kier molecular flexibility index (Phi) is 8.63. The molecule has 4 amide bonds. The molecule has 3 aliphatic heterocycles. The number of carbonyl (C=O) groups is 4. The molecule has 0 spiro atoms. The first-order valence-electron chi connectivity index (χ1n) is 14.8. The molecule has 4 aliphatic rings. The normalized spacial score (nSPS) is 30.7. The van der Waals surface area contributed by atoms with E-state index in [4.69, 9.17) is 10.5 Å². The van der Waals surface area contributed by atoms with E-state index in [-0.39, 0.29) is 49.6 Å². The summed E-state index contributed by atoms with van der Waals surface area (Å²) in [5.41, 5.74) is 6.40. The fraction of sp³-hybridized carbons (Fsp3) is 0.600. The molecule has 0 aromatic heterocycles. The molecule has 0 bridgehead atoms. The highest BCUT2D eigenvalue weighted by Crippen LogP contribution is 2.45. The number of hydrogen-bond acceptors (Lipinski definition) is 6. The second kappa shape index (κ2) is 12.2. The van der Waals surface area contributed by atoms with E-state index in [1.807, 2.05) is 13.0 Å². The molecule has 3 heterocycles. The lowest BCUT2D eigenvalue weighted by atomic mass is 10.1. The number of fused-ring (bicyclic) bond motifs is 3. The molecular weight excluding hydrogens is 529 g/mol. The van der Waals surface area contributed by atoms with Crippen LogP contribution in [0, 0.1) is 11.7 Å². The Labute approximate surface area is 239 Å². The van der Waals surface area contributed by atoms with Gasteiger partial charge < -0.3 is 26.0 Å². The number of amides is 4. The van der Waals surface area contributed by atoms with E-state index in [0.29, 0.717) is 24.9 Å². The molecule has 0 radical (unpaired) electrons. The van der Waals surface area contributed by atoms with Crippen molar-refractivity contribution >= 4 is 23.8 Å². The summed E-state index contributed by atoms with van der Waals surface area (Å²) in [6.07, 6.45) is 8.01. The number of halogens is 1. The lowest BCUT2D eigenvalue weighted by Crippen LogP contribution is -2.57. The number of rotatable bonds is 4. The summed E-state index contributed by atoms with van der Waals surface area (Å²) in [4.78, 5) is 56.3. The van der Waals surface area contributed by atoms with Crippen LogP contribution in [0.15, 0.2) is 30.4 Å². The van der Waals surface area contributed by atoms with Gasteiger partial charge in [0.25, 0.3) is 0 Å². The number of nitrogens with two attached hydrogens (primary N) is 1. The van der Waals surface area contributed by atoms with Crippen molar-refractivity contribution in [3.8, 4) is 0 Å². The Morgan fingerprint density at radius 1 is 1.22 bits per heavy atom. The zero-order valence-corrected chi connectivity index (χ0v) is 23.6. The van der Waals surface area contributed by atoms with Gasteiger partial charge in [0.15, 0.2) is 0 Å². The summed E-state index contributed by atoms with van der Waals surface area (Å²) < 4.78 is 20.0. The van der Waals surface area contributed by atoms with Gasteiger partial charge in [-0.2, -0.15) is 0 Å². The average Bonchev–Trinajstić information content (AvgIpc) is 3.26. The maximum atomic E-state index is 14.2. The van der Waals surface area contributed by atoms with Crippen LogP contribution in [0.2, 0.25) is 0 Å². The van der Waals surface area contributed by atoms with Gasteiger partial charge in [-0.05, 0) is 43.7 Å². The fourth-order valence-electron chi connectivity index (χ4n) is 6.18. The Balaban J connectivity index is 1.32. The number of hydrogen-bond donors (Lipinski definition) is 3. The van der Waals surface area contributed by atoms with Crippen molar-refractivity contribution in [3.63, 3.8) is 0 Å². The summed E-state index contributed by atoms with van der Waals surface area (Å²) in [6.45, 7) is 2.79. The third-order valence-electron chi connectivity index (χ3n) is 8.67. The van der Waals surface area contributed by atoms with Crippen LogP contribution in [0.5, 0.6) is 0 Å². The van der Waals surface area contributed by atoms with Crippen molar-refractivity contribution < 1.29 is 28.3 Å². The Bertz CT molecular complexity index is 1220. The standard InChI is InChI=1S/C30H40FN5O5/c1-2-13-33-28(39)30-15-20(30)10-6-4-3-5-7-12-24(32)27(38)36-17-21(14-25(36)26(37)34-30)41-29(40)35-16-19-9-8-11-23(31)22(19)18-35/h6,8-11,20-21,24-25H,2-5,7,12-18,32H2,1H3,(H,33,39)(H,34,37)/b10-6-/t20-,21+,24-,25-,30+/m0/s1. The number of nitrogens with zero attached hydrogens (tertiary/aromatic N) is 2. The molecule has 1 aromatic rings. The van der Waals surface area contributed by atoms with E-state index in [1.165, 1.54) is 15.9 Å². The number of benzene rings is 1. The van der Waals surface area contributed by atoms with Gasteiger partial charge in [0.05, 0.1) is 19.1 Å². The molecule has 1 saturated carbocycles. The second-order valence-corrected chi connectivity index (χ2v) is 11.7. The van der Waals surface area contributed by atoms with Crippen molar-refractivity contribution in [3.05, 3.63) is 47.3 Å². The van der Waals surface area contributed by atoms with Gasteiger partial charge >= 0.3 is 6.09 Å². The van der Waals surface area contributed by atoms with Crippen LogP contribution in [0.1, 0.15) is 69.4 Å². The van der Waals surface area contributed by atoms with Gasteiger partial charge in [-0.1, -0.05) is 44.1 Å². The summed E-state index contributed by atoms with van der Waals surface area (Å²) in [5.74, 6) is -1.57. The molecule has 5 atom stereocenters. The topological polar surface area (TPSA) is 134 Å². The molecule has 1 aliphatic carbocycles. The Morgan fingerprint density at radius 2 is 2.05 bits per heavy atom. The highest BCUT2D eigenvalue weighted by Gasteiger charge is 2.60.